The summed E-state index contributed by atoms with van der Waals surface area (Å²) in [4.78, 5) is 12.0. The summed E-state index contributed by atoms with van der Waals surface area (Å²) in [5, 5.41) is 18.0. The van der Waals surface area contributed by atoms with E-state index in [4.69, 9.17) is 10.2 Å². The second-order valence-electron chi connectivity index (χ2n) is 2.52. The van der Waals surface area contributed by atoms with Gasteiger partial charge >= 0.3 is 0 Å². The molecule has 1 aliphatic heterocycles. The van der Waals surface area contributed by atoms with Crippen molar-refractivity contribution in [3.8, 4) is 0 Å². The van der Waals surface area contributed by atoms with E-state index in [0.717, 1.165) is 4.90 Å². The molecule has 0 aromatic rings. The van der Waals surface area contributed by atoms with Gasteiger partial charge in [0, 0.05) is 7.05 Å². The fourth-order valence-electron chi connectivity index (χ4n) is 1.01. The van der Waals surface area contributed by atoms with Gasteiger partial charge in [-0.25, -0.2) is 0 Å². The van der Waals surface area contributed by atoms with Gasteiger partial charge in [-0.1, -0.05) is 0 Å². The first-order valence-corrected chi connectivity index (χ1v) is 3.25. The normalized spacial score (nSPS) is 34.7. The maximum atomic E-state index is 10.9. The van der Waals surface area contributed by atoms with Crippen LogP contribution in [0.2, 0.25) is 0 Å². The van der Waals surface area contributed by atoms with Crippen LogP contribution in [0.1, 0.15) is 12.8 Å². The molecular formula is C6H11NO3. The first-order chi connectivity index (χ1) is 4.63. The van der Waals surface area contributed by atoms with Crippen LogP contribution in [-0.4, -0.2) is 40.4 Å². The zero-order chi connectivity index (χ0) is 7.72. The van der Waals surface area contributed by atoms with Crippen molar-refractivity contribution in [3.63, 3.8) is 0 Å². The summed E-state index contributed by atoms with van der Waals surface area (Å²) in [5.41, 5.74) is 0. The van der Waals surface area contributed by atoms with Crippen LogP contribution in [0.25, 0.3) is 0 Å². The molecule has 2 atom stereocenters. The van der Waals surface area contributed by atoms with Gasteiger partial charge in [-0.2, -0.15) is 0 Å². The number of carbonyl (C=O) groups is 1. The van der Waals surface area contributed by atoms with E-state index in [0.29, 0.717) is 12.8 Å². The first-order valence-electron chi connectivity index (χ1n) is 3.25. The lowest BCUT2D eigenvalue weighted by Gasteiger charge is -2.30. The molecule has 0 spiro atoms. The van der Waals surface area contributed by atoms with E-state index in [9.17, 15) is 4.79 Å². The number of aliphatic hydroxyl groups is 2. The van der Waals surface area contributed by atoms with Crippen molar-refractivity contribution in [2.75, 3.05) is 7.05 Å². The van der Waals surface area contributed by atoms with Crippen LogP contribution >= 0.6 is 0 Å². The number of likely N-dealkylation sites (N-methyl/N-ethyl adjacent to an activating group) is 1. The van der Waals surface area contributed by atoms with E-state index in [-0.39, 0.29) is 0 Å². The number of rotatable bonds is 0. The largest absolute Gasteiger partial charge is 0.383 e. The molecule has 58 valence electrons. The standard InChI is InChI=1S/C6H11NO3/c1-7-5(9)3-2-4(8)6(7)10/h4-5,8-9H,2-3H2,1H3/t4-,5-/m1/s1. The van der Waals surface area contributed by atoms with Gasteiger partial charge < -0.3 is 15.1 Å². The minimum Gasteiger partial charge on any atom is -0.383 e. The Hall–Kier alpha value is -0.610. The van der Waals surface area contributed by atoms with Gasteiger partial charge in [-0.15, -0.1) is 0 Å². The Labute approximate surface area is 59.1 Å². The summed E-state index contributed by atoms with van der Waals surface area (Å²) in [6, 6.07) is 0. The fourth-order valence-corrected chi connectivity index (χ4v) is 1.01. The number of carbonyl (C=O) groups excluding carboxylic acids is 1. The smallest absolute Gasteiger partial charge is 0.253 e. The maximum Gasteiger partial charge on any atom is 0.253 e. The molecular weight excluding hydrogens is 134 g/mol. The topological polar surface area (TPSA) is 60.8 Å². The Bertz CT molecular complexity index is 148. The molecule has 0 aromatic carbocycles. The molecule has 0 unspecified atom stereocenters. The Kier molecular flexibility index (Phi) is 1.92. The Balaban J connectivity index is 2.60. The van der Waals surface area contributed by atoms with Gasteiger partial charge in [-0.3, -0.25) is 4.79 Å². The molecule has 0 bridgehead atoms. The van der Waals surface area contributed by atoms with Crippen molar-refractivity contribution in [1.82, 2.24) is 4.90 Å². The van der Waals surface area contributed by atoms with Crippen molar-refractivity contribution in [2.24, 2.45) is 0 Å². The van der Waals surface area contributed by atoms with E-state index in [1.807, 2.05) is 0 Å². The van der Waals surface area contributed by atoms with Crippen molar-refractivity contribution in [2.45, 2.75) is 25.2 Å². The number of hydrogen-bond donors (Lipinski definition) is 2. The predicted molar refractivity (Wildman–Crippen MR) is 34.0 cm³/mol. The van der Waals surface area contributed by atoms with Gasteiger partial charge in [0.15, 0.2) is 0 Å². The molecule has 0 radical (unpaired) electrons. The number of nitrogens with zero attached hydrogens (tertiary/aromatic N) is 1. The molecule has 1 amide bonds. The highest BCUT2D eigenvalue weighted by Gasteiger charge is 2.29. The zero-order valence-corrected chi connectivity index (χ0v) is 5.82. The predicted octanol–water partition coefficient (Wildman–Crippen LogP) is -1.08. The summed E-state index contributed by atoms with van der Waals surface area (Å²) >= 11 is 0. The van der Waals surface area contributed by atoms with Crippen LogP contribution in [0.3, 0.4) is 0 Å². The third kappa shape index (κ3) is 1.12. The second kappa shape index (κ2) is 2.56. The average Bonchev–Trinajstić information content (AvgIpc) is 1.93. The number of piperidine rings is 1. The molecule has 1 saturated heterocycles. The van der Waals surface area contributed by atoms with Crippen LogP contribution in [0.4, 0.5) is 0 Å². The van der Waals surface area contributed by atoms with Gasteiger partial charge in [0.25, 0.3) is 5.91 Å². The molecule has 1 rings (SSSR count). The summed E-state index contributed by atoms with van der Waals surface area (Å²) in [5.74, 6) is -0.390. The van der Waals surface area contributed by atoms with Crippen LogP contribution in [0, 0.1) is 0 Å². The summed E-state index contributed by atoms with van der Waals surface area (Å²) < 4.78 is 0. The van der Waals surface area contributed by atoms with Crippen molar-refractivity contribution in [1.29, 1.82) is 0 Å². The summed E-state index contributed by atoms with van der Waals surface area (Å²) in [6.07, 6.45) is -0.794. The van der Waals surface area contributed by atoms with E-state index in [1.165, 1.54) is 7.05 Å². The fraction of sp³-hybridized carbons (Fsp3) is 0.833. The van der Waals surface area contributed by atoms with Gasteiger partial charge in [0.05, 0.1) is 0 Å². The maximum absolute atomic E-state index is 10.9. The molecule has 2 N–H and O–H groups in total. The molecule has 0 saturated carbocycles. The second-order valence-corrected chi connectivity index (χ2v) is 2.52. The minimum absolute atomic E-state index is 0.365. The highest BCUT2D eigenvalue weighted by atomic mass is 16.3. The van der Waals surface area contributed by atoms with Crippen LogP contribution in [0.15, 0.2) is 0 Å². The number of hydrogen-bond acceptors (Lipinski definition) is 3. The Morgan fingerprint density at radius 3 is 2.60 bits per heavy atom. The van der Waals surface area contributed by atoms with E-state index < -0.39 is 18.2 Å². The SMILES string of the molecule is CN1C(=O)[C@H](O)CC[C@H]1O. The van der Waals surface area contributed by atoms with Crippen LogP contribution in [0.5, 0.6) is 0 Å². The van der Waals surface area contributed by atoms with E-state index >= 15 is 0 Å². The lowest BCUT2D eigenvalue weighted by atomic mass is 10.1. The lowest BCUT2D eigenvalue weighted by molar-refractivity contribution is -0.155. The molecule has 1 fully saturated rings. The molecule has 10 heavy (non-hydrogen) atoms. The number of aliphatic hydroxyl groups excluding tert-OH is 2. The Morgan fingerprint density at radius 2 is 2.10 bits per heavy atom. The molecule has 0 aliphatic carbocycles. The molecule has 4 heteroatoms. The molecule has 4 nitrogen and oxygen atoms in total. The van der Waals surface area contributed by atoms with Crippen LogP contribution in [-0.2, 0) is 4.79 Å². The van der Waals surface area contributed by atoms with E-state index in [2.05, 4.69) is 0 Å². The van der Waals surface area contributed by atoms with E-state index in [1.54, 1.807) is 0 Å². The summed E-state index contributed by atoms with van der Waals surface area (Å²) in [7, 11) is 1.48. The van der Waals surface area contributed by atoms with Gasteiger partial charge in [0.1, 0.15) is 12.3 Å². The third-order valence-electron chi connectivity index (χ3n) is 1.78. The first kappa shape index (κ1) is 7.50. The average molecular weight is 145 g/mol. The quantitative estimate of drug-likeness (QED) is 0.455. The lowest BCUT2D eigenvalue weighted by Crippen LogP contribution is -2.47. The number of likely N-dealkylation sites (tertiary alicyclic amines) is 1. The van der Waals surface area contributed by atoms with Crippen molar-refractivity contribution >= 4 is 5.91 Å². The van der Waals surface area contributed by atoms with Gasteiger partial charge in [0.2, 0.25) is 0 Å². The van der Waals surface area contributed by atoms with Crippen LogP contribution < -0.4 is 0 Å². The van der Waals surface area contributed by atoms with Gasteiger partial charge in [-0.05, 0) is 12.8 Å². The Morgan fingerprint density at radius 1 is 1.50 bits per heavy atom. The van der Waals surface area contributed by atoms with Crippen molar-refractivity contribution in [3.05, 3.63) is 0 Å². The molecule has 1 heterocycles. The van der Waals surface area contributed by atoms with Crippen molar-refractivity contribution < 1.29 is 15.0 Å². The molecule has 1 aliphatic rings. The number of amides is 1. The highest BCUT2D eigenvalue weighted by Crippen LogP contribution is 2.14. The third-order valence-corrected chi connectivity index (χ3v) is 1.78. The minimum atomic E-state index is -0.909. The monoisotopic (exact) mass is 145 g/mol. The zero-order valence-electron chi connectivity index (χ0n) is 5.82. The molecule has 0 aromatic heterocycles. The highest BCUT2D eigenvalue weighted by molar-refractivity contribution is 5.81. The summed E-state index contributed by atoms with van der Waals surface area (Å²) in [6.45, 7) is 0.